The Bertz CT molecular complexity index is 580. The van der Waals surface area contributed by atoms with Gasteiger partial charge in [0.2, 0.25) is 0 Å². The van der Waals surface area contributed by atoms with Crippen LogP contribution in [0, 0.1) is 12.3 Å². The van der Waals surface area contributed by atoms with Gasteiger partial charge in [0.1, 0.15) is 0 Å². The van der Waals surface area contributed by atoms with E-state index in [1.807, 2.05) is 19.2 Å². The molecule has 0 unspecified atom stereocenters. The minimum Gasteiger partial charge on any atom is -0.348 e. The van der Waals surface area contributed by atoms with E-state index in [0.29, 0.717) is 18.8 Å². The van der Waals surface area contributed by atoms with Gasteiger partial charge in [0.25, 0.3) is 5.91 Å². The molecule has 1 N–H and O–H groups in total. The Hall–Kier alpha value is -1.60. The molecule has 0 saturated carbocycles. The number of carbonyl (C=O) groups is 1. The summed E-state index contributed by atoms with van der Waals surface area (Å²) in [5.41, 5.74) is 1.40. The Labute approximate surface area is 133 Å². The van der Waals surface area contributed by atoms with Crippen LogP contribution in [0.4, 0.5) is 18.9 Å². The zero-order valence-corrected chi connectivity index (χ0v) is 13.3. The van der Waals surface area contributed by atoms with E-state index in [4.69, 9.17) is 9.47 Å². The maximum Gasteiger partial charge on any atom is 0.352 e. The number of halogens is 3. The number of ether oxygens (including phenoxy) is 2. The number of hydrogen-bond acceptors (Lipinski definition) is 3. The van der Waals surface area contributed by atoms with E-state index in [9.17, 15) is 18.0 Å². The molecular weight excluding hydrogens is 311 g/mol. The lowest BCUT2D eigenvalue weighted by atomic mass is 9.95. The van der Waals surface area contributed by atoms with E-state index in [0.717, 1.165) is 5.56 Å². The maximum atomic E-state index is 13.0. The molecule has 0 radical (unpaired) electrons. The summed E-state index contributed by atoms with van der Waals surface area (Å²) >= 11 is 0. The third-order valence-corrected chi connectivity index (χ3v) is 3.38. The van der Waals surface area contributed by atoms with Crippen molar-refractivity contribution in [2.45, 2.75) is 33.0 Å². The highest BCUT2D eigenvalue weighted by molar-refractivity contribution is 5.96. The van der Waals surface area contributed by atoms with Crippen LogP contribution < -0.4 is 5.32 Å². The zero-order chi connectivity index (χ0) is 17.3. The first-order chi connectivity index (χ1) is 10.6. The molecule has 2 rings (SSSR count). The van der Waals surface area contributed by atoms with Crippen molar-refractivity contribution in [3.8, 4) is 0 Å². The Balaban J connectivity index is 2.15. The Morgan fingerprint density at radius 3 is 2.48 bits per heavy atom. The zero-order valence-electron chi connectivity index (χ0n) is 13.3. The fourth-order valence-corrected chi connectivity index (χ4v) is 2.19. The van der Waals surface area contributed by atoms with Gasteiger partial charge in [0.15, 0.2) is 13.0 Å². The summed E-state index contributed by atoms with van der Waals surface area (Å²) < 4.78 is 49.5. The van der Waals surface area contributed by atoms with Crippen molar-refractivity contribution < 1.29 is 27.4 Å². The van der Waals surface area contributed by atoms with E-state index in [1.165, 1.54) is 12.1 Å². The number of nitrogens with one attached hydrogen (secondary N) is 1. The molecule has 4 nitrogen and oxygen atoms in total. The molecule has 1 aliphatic heterocycles. The Morgan fingerprint density at radius 1 is 1.30 bits per heavy atom. The molecule has 0 spiro atoms. The summed E-state index contributed by atoms with van der Waals surface area (Å²) in [6.45, 7) is 4.70. The molecule has 1 saturated heterocycles. The van der Waals surface area contributed by atoms with E-state index < -0.39 is 24.8 Å². The molecule has 1 aromatic rings. The average molecular weight is 331 g/mol. The molecule has 0 aromatic heterocycles. The van der Waals surface area contributed by atoms with Crippen LogP contribution >= 0.6 is 0 Å². The largest absolute Gasteiger partial charge is 0.352 e. The van der Waals surface area contributed by atoms with Crippen LogP contribution in [-0.2, 0) is 14.3 Å². The van der Waals surface area contributed by atoms with Crippen LogP contribution in [0.5, 0.6) is 0 Å². The van der Waals surface area contributed by atoms with Gasteiger partial charge in [-0.25, -0.2) is 4.39 Å². The number of amides is 1. The van der Waals surface area contributed by atoms with Crippen LogP contribution in [0.1, 0.15) is 31.3 Å². The highest BCUT2D eigenvalue weighted by atomic mass is 19.3. The van der Waals surface area contributed by atoms with Gasteiger partial charge in [0.05, 0.1) is 13.2 Å². The topological polar surface area (TPSA) is 47.6 Å². The van der Waals surface area contributed by atoms with Gasteiger partial charge >= 0.3 is 5.92 Å². The Morgan fingerprint density at radius 2 is 1.91 bits per heavy atom. The van der Waals surface area contributed by atoms with Crippen LogP contribution in [0.2, 0.25) is 0 Å². The first-order valence-electron chi connectivity index (χ1n) is 7.23. The number of anilines is 1. The molecule has 1 aromatic carbocycles. The van der Waals surface area contributed by atoms with Gasteiger partial charge in [0, 0.05) is 16.7 Å². The molecule has 7 heteroatoms. The number of benzene rings is 1. The fourth-order valence-electron chi connectivity index (χ4n) is 2.19. The molecule has 0 atom stereocenters. The second kappa shape index (κ2) is 6.49. The molecule has 0 aliphatic carbocycles. The normalized spacial score (nSPS) is 18.7. The van der Waals surface area contributed by atoms with Gasteiger partial charge in [-0.2, -0.15) is 8.78 Å². The fraction of sp³-hybridized carbons (Fsp3) is 0.562. The van der Waals surface area contributed by atoms with E-state index in [2.05, 4.69) is 0 Å². The van der Waals surface area contributed by atoms with Crippen molar-refractivity contribution in [3.05, 3.63) is 29.3 Å². The summed E-state index contributed by atoms with van der Waals surface area (Å²) in [6, 6.07) is 4.79. The smallest absolute Gasteiger partial charge is 0.348 e. The van der Waals surface area contributed by atoms with Gasteiger partial charge in [-0.1, -0.05) is 19.9 Å². The predicted octanol–water partition coefficient (Wildman–Crippen LogP) is 3.61. The van der Waals surface area contributed by atoms with Crippen molar-refractivity contribution in [3.63, 3.8) is 0 Å². The van der Waals surface area contributed by atoms with Crippen LogP contribution in [0.15, 0.2) is 18.2 Å². The van der Waals surface area contributed by atoms with Crippen LogP contribution in [-0.4, -0.2) is 31.7 Å². The number of carbonyl (C=O) groups excluding carboxylic acids is 1. The molecule has 1 amide bonds. The first kappa shape index (κ1) is 17.7. The summed E-state index contributed by atoms with van der Waals surface area (Å²) in [7, 11) is 0. The lowest BCUT2D eigenvalue weighted by molar-refractivity contribution is -0.226. The van der Waals surface area contributed by atoms with E-state index in [-0.39, 0.29) is 11.1 Å². The highest BCUT2D eigenvalue weighted by Gasteiger charge is 2.39. The lowest BCUT2D eigenvalue weighted by Crippen LogP contribution is -2.36. The number of aryl methyl sites for hydroxylation is 1. The molecule has 128 valence electrons. The minimum atomic E-state index is -4.05. The second-order valence-corrected chi connectivity index (χ2v) is 6.54. The van der Waals surface area contributed by atoms with Gasteiger partial charge in [-0.05, 0) is 24.6 Å². The number of hydrogen-bond donors (Lipinski definition) is 1. The summed E-state index contributed by atoms with van der Waals surface area (Å²) in [5, 5.41) is 2.03. The summed E-state index contributed by atoms with van der Waals surface area (Å²) in [6.07, 6.45) is -0.625. The van der Waals surface area contributed by atoms with Crippen molar-refractivity contribution in [2.75, 3.05) is 25.2 Å². The van der Waals surface area contributed by atoms with Crippen molar-refractivity contribution in [1.29, 1.82) is 0 Å². The van der Waals surface area contributed by atoms with Gasteiger partial charge < -0.3 is 14.8 Å². The minimum absolute atomic E-state index is 0.0967. The predicted molar refractivity (Wildman–Crippen MR) is 79.2 cm³/mol. The lowest BCUT2D eigenvalue weighted by Gasteiger charge is -2.34. The maximum absolute atomic E-state index is 13.0. The van der Waals surface area contributed by atoms with Gasteiger partial charge in [-0.15, -0.1) is 0 Å². The average Bonchev–Trinajstić information content (AvgIpc) is 2.46. The van der Waals surface area contributed by atoms with Crippen molar-refractivity contribution in [1.82, 2.24) is 0 Å². The molecule has 1 aliphatic rings. The van der Waals surface area contributed by atoms with Crippen molar-refractivity contribution >= 4 is 11.6 Å². The third kappa shape index (κ3) is 4.45. The molecule has 1 fully saturated rings. The summed E-state index contributed by atoms with van der Waals surface area (Å²) in [5.74, 6) is -5.73. The van der Waals surface area contributed by atoms with E-state index >= 15 is 0 Å². The molecule has 1 heterocycles. The molecule has 23 heavy (non-hydrogen) atoms. The monoisotopic (exact) mass is 331 g/mol. The third-order valence-electron chi connectivity index (χ3n) is 3.38. The SMILES string of the molecule is Cc1cc(NC(=O)C(F)(F)CF)cc(C2OCC(C)(C)CO2)c1. The van der Waals surface area contributed by atoms with Crippen molar-refractivity contribution in [2.24, 2.45) is 5.41 Å². The standard InChI is InChI=1S/C16H20F3NO3/c1-10-4-11(13-22-8-15(2,3)9-23-13)6-12(5-10)20-14(21)16(18,19)7-17/h4-6,13H,7-9H2,1-3H3,(H,20,21). The molecule has 0 bridgehead atoms. The molecular formula is C16H20F3NO3. The van der Waals surface area contributed by atoms with Gasteiger partial charge in [-0.3, -0.25) is 4.79 Å². The Kier molecular flexibility index (Phi) is 5.01. The highest BCUT2D eigenvalue weighted by Crippen LogP contribution is 2.32. The number of alkyl halides is 3. The quantitative estimate of drug-likeness (QED) is 0.917. The van der Waals surface area contributed by atoms with Crippen LogP contribution in [0.3, 0.4) is 0 Å². The van der Waals surface area contributed by atoms with Crippen LogP contribution in [0.25, 0.3) is 0 Å². The second-order valence-electron chi connectivity index (χ2n) is 6.54. The first-order valence-corrected chi connectivity index (χ1v) is 7.23. The summed E-state index contributed by atoms with van der Waals surface area (Å²) in [4.78, 5) is 11.4. The number of rotatable bonds is 4. The van der Waals surface area contributed by atoms with E-state index in [1.54, 1.807) is 13.0 Å².